The number of aromatic nitrogens is 2. The molecule has 4 nitrogen and oxygen atoms in total. The Balaban J connectivity index is 2.16. The number of nitrogens with zero attached hydrogens (tertiary/aromatic N) is 3. The van der Waals surface area contributed by atoms with Gasteiger partial charge in [-0.2, -0.15) is 0 Å². The molecule has 0 amide bonds. The molecule has 1 saturated heterocycles. The normalized spacial score (nSPS) is 22.1. The van der Waals surface area contributed by atoms with Crippen molar-refractivity contribution in [2.75, 3.05) is 19.7 Å². The number of halogens is 2. The number of hydrogen-bond donors (Lipinski definition) is 0. The van der Waals surface area contributed by atoms with Crippen molar-refractivity contribution in [2.24, 2.45) is 0 Å². The van der Waals surface area contributed by atoms with E-state index in [-0.39, 0.29) is 6.10 Å². The molecule has 2 heterocycles. The molecule has 1 unspecified atom stereocenters. The average molecular weight is 276 g/mol. The van der Waals surface area contributed by atoms with Crippen molar-refractivity contribution >= 4 is 23.2 Å². The zero-order chi connectivity index (χ0) is 12.4. The second-order valence-electron chi connectivity index (χ2n) is 4.32. The van der Waals surface area contributed by atoms with E-state index in [4.69, 9.17) is 27.9 Å². The molecular formula is C11H15Cl2N3O. The summed E-state index contributed by atoms with van der Waals surface area (Å²) < 4.78 is 5.67. The molecule has 0 saturated carbocycles. The number of morpholine rings is 1. The highest BCUT2D eigenvalue weighted by Crippen LogP contribution is 2.23. The second kappa shape index (κ2) is 5.48. The van der Waals surface area contributed by atoms with E-state index in [2.05, 4.69) is 28.7 Å². The minimum atomic E-state index is -0.151. The van der Waals surface area contributed by atoms with Crippen LogP contribution in [0.5, 0.6) is 0 Å². The Hall–Kier alpha value is -0.420. The minimum Gasteiger partial charge on any atom is -0.368 e. The predicted molar refractivity (Wildman–Crippen MR) is 67.5 cm³/mol. The van der Waals surface area contributed by atoms with Crippen molar-refractivity contribution in [1.82, 2.24) is 14.9 Å². The highest BCUT2D eigenvalue weighted by Gasteiger charge is 2.26. The van der Waals surface area contributed by atoms with Crippen molar-refractivity contribution in [3.63, 3.8) is 0 Å². The van der Waals surface area contributed by atoms with Crippen molar-refractivity contribution in [3.8, 4) is 0 Å². The van der Waals surface area contributed by atoms with Crippen LogP contribution in [0.3, 0.4) is 0 Å². The van der Waals surface area contributed by atoms with E-state index in [1.165, 1.54) is 6.07 Å². The van der Waals surface area contributed by atoms with Crippen LogP contribution in [0.1, 0.15) is 25.8 Å². The van der Waals surface area contributed by atoms with Gasteiger partial charge in [-0.1, -0.05) is 23.2 Å². The summed E-state index contributed by atoms with van der Waals surface area (Å²) >= 11 is 11.7. The van der Waals surface area contributed by atoms with Crippen LogP contribution >= 0.6 is 23.2 Å². The lowest BCUT2D eigenvalue weighted by Crippen LogP contribution is -2.42. The summed E-state index contributed by atoms with van der Waals surface area (Å²) in [5.41, 5.74) is 0. The molecule has 2 rings (SSSR count). The Kier molecular flexibility index (Phi) is 4.20. The van der Waals surface area contributed by atoms with Crippen molar-refractivity contribution in [1.29, 1.82) is 0 Å². The first-order valence-corrected chi connectivity index (χ1v) is 6.37. The maximum atomic E-state index is 5.86. The van der Waals surface area contributed by atoms with Crippen LogP contribution in [-0.2, 0) is 4.74 Å². The Bertz CT molecular complexity index is 380. The molecule has 94 valence electrons. The Morgan fingerprint density at radius 3 is 2.59 bits per heavy atom. The maximum absolute atomic E-state index is 5.86. The molecule has 1 fully saturated rings. The van der Waals surface area contributed by atoms with E-state index < -0.39 is 0 Å². The molecule has 0 radical (unpaired) electrons. The molecule has 1 aliphatic heterocycles. The third-order valence-electron chi connectivity index (χ3n) is 2.80. The van der Waals surface area contributed by atoms with Gasteiger partial charge in [0.05, 0.1) is 6.61 Å². The first-order chi connectivity index (χ1) is 8.06. The average Bonchev–Trinajstić information content (AvgIpc) is 2.28. The van der Waals surface area contributed by atoms with E-state index >= 15 is 0 Å². The fourth-order valence-corrected chi connectivity index (χ4v) is 2.28. The lowest BCUT2D eigenvalue weighted by molar-refractivity contribution is -0.0442. The summed E-state index contributed by atoms with van der Waals surface area (Å²) in [6.07, 6.45) is -0.151. The Labute approximate surface area is 111 Å². The summed E-state index contributed by atoms with van der Waals surface area (Å²) in [4.78, 5) is 10.7. The first-order valence-electron chi connectivity index (χ1n) is 5.62. The molecule has 17 heavy (non-hydrogen) atoms. The summed E-state index contributed by atoms with van der Waals surface area (Å²) in [7, 11) is 0. The van der Waals surface area contributed by atoms with Gasteiger partial charge in [-0.05, 0) is 13.8 Å². The number of ether oxygens (including phenoxy) is 1. The molecule has 1 aliphatic rings. The molecule has 0 aromatic carbocycles. The zero-order valence-corrected chi connectivity index (χ0v) is 11.4. The summed E-state index contributed by atoms with van der Waals surface area (Å²) in [5.74, 6) is 0.563. The van der Waals surface area contributed by atoms with E-state index in [0.29, 0.717) is 28.8 Å². The van der Waals surface area contributed by atoms with Crippen LogP contribution < -0.4 is 0 Å². The third kappa shape index (κ3) is 3.28. The molecule has 1 atom stereocenters. The van der Waals surface area contributed by atoms with Crippen LogP contribution in [0.15, 0.2) is 6.07 Å². The van der Waals surface area contributed by atoms with Crippen LogP contribution in [0.2, 0.25) is 10.3 Å². The Morgan fingerprint density at radius 2 is 2.00 bits per heavy atom. The Morgan fingerprint density at radius 1 is 1.35 bits per heavy atom. The number of hydrogen-bond acceptors (Lipinski definition) is 4. The van der Waals surface area contributed by atoms with E-state index in [0.717, 1.165) is 13.1 Å². The van der Waals surface area contributed by atoms with Crippen molar-refractivity contribution < 1.29 is 4.74 Å². The predicted octanol–water partition coefficient (Wildman–Crippen LogP) is 2.57. The van der Waals surface area contributed by atoms with Gasteiger partial charge in [-0.15, -0.1) is 0 Å². The summed E-state index contributed by atoms with van der Waals surface area (Å²) in [5, 5.41) is 0.704. The quantitative estimate of drug-likeness (QED) is 0.778. The van der Waals surface area contributed by atoms with Gasteiger partial charge in [0.25, 0.3) is 0 Å². The number of rotatable bonds is 2. The van der Waals surface area contributed by atoms with Gasteiger partial charge >= 0.3 is 0 Å². The molecule has 0 bridgehead atoms. The smallest absolute Gasteiger partial charge is 0.161 e. The highest BCUT2D eigenvalue weighted by molar-refractivity contribution is 6.33. The SMILES string of the molecule is CC(C)N1CCOC(c2nc(Cl)cc(Cl)n2)C1. The van der Waals surface area contributed by atoms with Crippen LogP contribution in [0.25, 0.3) is 0 Å². The minimum absolute atomic E-state index is 0.151. The maximum Gasteiger partial charge on any atom is 0.161 e. The first kappa shape index (κ1) is 13.0. The van der Waals surface area contributed by atoms with Gasteiger partial charge < -0.3 is 4.74 Å². The van der Waals surface area contributed by atoms with Gasteiger partial charge in [0, 0.05) is 25.2 Å². The summed E-state index contributed by atoms with van der Waals surface area (Å²) in [6, 6.07) is 2.01. The third-order valence-corrected chi connectivity index (χ3v) is 3.18. The lowest BCUT2D eigenvalue weighted by Gasteiger charge is -2.34. The monoisotopic (exact) mass is 275 g/mol. The molecular weight excluding hydrogens is 261 g/mol. The van der Waals surface area contributed by atoms with Crippen molar-refractivity contribution in [3.05, 3.63) is 22.2 Å². The molecule has 0 aliphatic carbocycles. The van der Waals surface area contributed by atoms with Gasteiger partial charge in [0.15, 0.2) is 5.82 Å². The zero-order valence-electron chi connectivity index (χ0n) is 9.86. The largest absolute Gasteiger partial charge is 0.368 e. The van der Waals surface area contributed by atoms with Crippen molar-refractivity contribution in [2.45, 2.75) is 26.0 Å². The van der Waals surface area contributed by atoms with Gasteiger partial charge in [0.2, 0.25) is 0 Å². The van der Waals surface area contributed by atoms with Crippen LogP contribution in [-0.4, -0.2) is 40.6 Å². The fraction of sp³-hybridized carbons (Fsp3) is 0.636. The van der Waals surface area contributed by atoms with Crippen LogP contribution in [0, 0.1) is 0 Å². The topological polar surface area (TPSA) is 38.2 Å². The highest BCUT2D eigenvalue weighted by atomic mass is 35.5. The molecule has 1 aromatic heterocycles. The fourth-order valence-electron chi connectivity index (χ4n) is 1.85. The molecule has 6 heteroatoms. The van der Waals surface area contributed by atoms with E-state index in [1.54, 1.807) is 0 Å². The summed E-state index contributed by atoms with van der Waals surface area (Å²) in [6.45, 7) is 6.70. The van der Waals surface area contributed by atoms with Gasteiger partial charge in [0.1, 0.15) is 16.4 Å². The van der Waals surface area contributed by atoms with Gasteiger partial charge in [-0.3, -0.25) is 4.90 Å². The van der Waals surface area contributed by atoms with Crippen LogP contribution in [0.4, 0.5) is 0 Å². The van der Waals surface area contributed by atoms with Gasteiger partial charge in [-0.25, -0.2) is 9.97 Å². The molecule has 0 N–H and O–H groups in total. The lowest BCUT2D eigenvalue weighted by atomic mass is 10.2. The molecule has 1 aromatic rings. The van der Waals surface area contributed by atoms with E-state index in [1.807, 2.05) is 0 Å². The van der Waals surface area contributed by atoms with E-state index in [9.17, 15) is 0 Å². The standard InChI is InChI=1S/C11H15Cl2N3O/c1-7(2)16-3-4-17-8(6-16)11-14-9(12)5-10(13)15-11/h5,7-8H,3-4,6H2,1-2H3. The molecule has 0 spiro atoms. The second-order valence-corrected chi connectivity index (χ2v) is 5.09.